The van der Waals surface area contributed by atoms with Gasteiger partial charge in [0, 0.05) is 49.4 Å². The normalized spacial score (nSPS) is 16.4. The lowest BCUT2D eigenvalue weighted by Crippen LogP contribution is -2.45. The second kappa shape index (κ2) is 11.1. The summed E-state index contributed by atoms with van der Waals surface area (Å²) in [5.74, 6) is 1.14. The van der Waals surface area contributed by atoms with Crippen LogP contribution in [0.15, 0.2) is 22.5 Å². The molecule has 2 rings (SSSR count). The number of hydrogen-bond acceptors (Lipinski definition) is 3. The highest BCUT2D eigenvalue weighted by Gasteiger charge is 2.26. The molecule has 1 atom stereocenters. The third kappa shape index (κ3) is 6.40. The Balaban J connectivity index is 0.00000338. The number of amides is 1. The Labute approximate surface area is 179 Å². The molecule has 2 heterocycles. The maximum atomic E-state index is 11.9. The molecule has 5 nitrogen and oxygen atoms in total. The largest absolute Gasteiger partial charge is 0.356 e. The number of carbonyl (C=O) groups is 1. The molecule has 1 amide bonds. The first-order valence-corrected chi connectivity index (χ1v) is 10.1. The Morgan fingerprint density at radius 3 is 2.73 bits per heavy atom. The molecule has 0 aromatic carbocycles. The van der Waals surface area contributed by atoms with Crippen LogP contribution in [0.3, 0.4) is 0 Å². The molecule has 1 aliphatic heterocycles. The van der Waals surface area contributed by atoms with Gasteiger partial charge in [-0.2, -0.15) is 0 Å². The third-order valence-corrected chi connectivity index (χ3v) is 6.14. The Hall–Kier alpha value is -0.830. The number of guanidine groups is 1. The van der Waals surface area contributed by atoms with Gasteiger partial charge in [-0.05, 0) is 30.7 Å². The van der Waals surface area contributed by atoms with Gasteiger partial charge in [0.25, 0.3) is 0 Å². The molecule has 0 aliphatic carbocycles. The first-order valence-electron chi connectivity index (χ1n) is 9.26. The van der Waals surface area contributed by atoms with Gasteiger partial charge in [0.1, 0.15) is 0 Å². The van der Waals surface area contributed by atoms with Gasteiger partial charge < -0.3 is 15.5 Å². The van der Waals surface area contributed by atoms with Crippen LogP contribution in [0, 0.1) is 0 Å². The molecular weight excluding hydrogens is 459 g/mol. The van der Waals surface area contributed by atoms with Gasteiger partial charge in [-0.15, -0.1) is 35.3 Å². The standard InChI is InChI=1S/C19H32N4OS.HI/c1-5-15(23-12-6-9-17(23)24)10-11-21-18(20-4)22-14-19(2,3)16-8-7-13-25-16;/h7-8,13,15H,5-6,9-12,14H2,1-4H3,(H2,20,21,22);1H. The summed E-state index contributed by atoms with van der Waals surface area (Å²) in [5.41, 5.74) is 0.0692. The van der Waals surface area contributed by atoms with E-state index in [0.29, 0.717) is 18.4 Å². The molecule has 0 radical (unpaired) electrons. The van der Waals surface area contributed by atoms with E-state index in [4.69, 9.17) is 0 Å². The summed E-state index contributed by atoms with van der Waals surface area (Å²) in [6, 6.07) is 4.61. The predicted octanol–water partition coefficient (Wildman–Crippen LogP) is 3.60. The minimum atomic E-state index is 0. The fraction of sp³-hybridized carbons (Fsp3) is 0.684. The fourth-order valence-electron chi connectivity index (χ4n) is 3.27. The van der Waals surface area contributed by atoms with Gasteiger partial charge in [0.05, 0.1) is 0 Å². The minimum absolute atomic E-state index is 0. The number of rotatable bonds is 8. The summed E-state index contributed by atoms with van der Waals surface area (Å²) in [7, 11) is 1.80. The SMILES string of the molecule is CCC(CCNC(=NC)NCC(C)(C)c1cccs1)N1CCCC1=O.I. The van der Waals surface area contributed by atoms with E-state index in [0.717, 1.165) is 44.9 Å². The number of nitrogens with zero attached hydrogens (tertiary/aromatic N) is 2. The highest BCUT2D eigenvalue weighted by Crippen LogP contribution is 2.26. The minimum Gasteiger partial charge on any atom is -0.356 e. The number of likely N-dealkylation sites (tertiary alicyclic amines) is 1. The Kier molecular flexibility index (Phi) is 9.92. The maximum absolute atomic E-state index is 11.9. The van der Waals surface area contributed by atoms with Crippen molar-refractivity contribution >= 4 is 47.2 Å². The summed E-state index contributed by atoms with van der Waals surface area (Å²) in [5, 5.41) is 8.95. The molecule has 1 unspecified atom stereocenters. The summed E-state index contributed by atoms with van der Waals surface area (Å²) < 4.78 is 0. The van der Waals surface area contributed by atoms with Gasteiger partial charge >= 0.3 is 0 Å². The van der Waals surface area contributed by atoms with Crippen LogP contribution in [0.2, 0.25) is 0 Å². The van der Waals surface area contributed by atoms with E-state index in [1.165, 1.54) is 4.88 Å². The van der Waals surface area contributed by atoms with E-state index in [1.54, 1.807) is 18.4 Å². The molecule has 0 bridgehead atoms. The number of hydrogen-bond donors (Lipinski definition) is 2. The highest BCUT2D eigenvalue weighted by atomic mass is 127. The zero-order valence-electron chi connectivity index (χ0n) is 16.4. The quantitative estimate of drug-likeness (QED) is 0.331. The molecule has 1 aromatic rings. The highest BCUT2D eigenvalue weighted by molar-refractivity contribution is 14.0. The lowest BCUT2D eigenvalue weighted by molar-refractivity contribution is -0.129. The Morgan fingerprint density at radius 1 is 1.42 bits per heavy atom. The van der Waals surface area contributed by atoms with Crippen LogP contribution < -0.4 is 10.6 Å². The molecule has 1 saturated heterocycles. The average molecular weight is 492 g/mol. The van der Waals surface area contributed by atoms with E-state index < -0.39 is 0 Å². The van der Waals surface area contributed by atoms with Crippen molar-refractivity contribution < 1.29 is 4.79 Å². The first kappa shape index (κ1) is 23.2. The monoisotopic (exact) mass is 492 g/mol. The zero-order valence-corrected chi connectivity index (χ0v) is 19.5. The smallest absolute Gasteiger partial charge is 0.222 e. The summed E-state index contributed by atoms with van der Waals surface area (Å²) >= 11 is 1.79. The molecule has 7 heteroatoms. The topological polar surface area (TPSA) is 56.7 Å². The molecule has 26 heavy (non-hydrogen) atoms. The van der Waals surface area contributed by atoms with Gasteiger partial charge in [-0.3, -0.25) is 9.79 Å². The van der Waals surface area contributed by atoms with Crippen molar-refractivity contribution in [3.8, 4) is 0 Å². The lowest BCUT2D eigenvalue weighted by Gasteiger charge is -2.28. The van der Waals surface area contributed by atoms with E-state index in [2.05, 4.69) is 58.8 Å². The van der Waals surface area contributed by atoms with Gasteiger partial charge in [-0.1, -0.05) is 26.8 Å². The average Bonchev–Trinajstić information content (AvgIpc) is 3.27. The van der Waals surface area contributed by atoms with Crippen LogP contribution in [-0.2, 0) is 10.2 Å². The molecule has 148 valence electrons. The van der Waals surface area contributed by atoms with E-state index in [-0.39, 0.29) is 29.4 Å². The van der Waals surface area contributed by atoms with Crippen LogP contribution in [0.5, 0.6) is 0 Å². The fourth-order valence-corrected chi connectivity index (χ4v) is 4.12. The van der Waals surface area contributed by atoms with Crippen molar-refractivity contribution in [1.29, 1.82) is 0 Å². The van der Waals surface area contributed by atoms with Crippen molar-refractivity contribution in [1.82, 2.24) is 15.5 Å². The number of aliphatic imine (C=N–C) groups is 1. The first-order chi connectivity index (χ1) is 12.0. The van der Waals surface area contributed by atoms with Gasteiger partial charge in [0.15, 0.2) is 5.96 Å². The van der Waals surface area contributed by atoms with Crippen LogP contribution in [0.1, 0.15) is 51.3 Å². The molecule has 2 N–H and O–H groups in total. The Bertz CT molecular complexity index is 574. The molecule has 1 fully saturated rings. The van der Waals surface area contributed by atoms with Crippen LogP contribution in [0.25, 0.3) is 0 Å². The van der Waals surface area contributed by atoms with E-state index in [9.17, 15) is 4.79 Å². The van der Waals surface area contributed by atoms with Gasteiger partial charge in [0.2, 0.25) is 5.91 Å². The van der Waals surface area contributed by atoms with Crippen molar-refractivity contribution in [2.24, 2.45) is 4.99 Å². The van der Waals surface area contributed by atoms with Crippen molar-refractivity contribution in [3.63, 3.8) is 0 Å². The molecule has 0 spiro atoms. The number of halogens is 1. The Morgan fingerprint density at radius 2 is 2.19 bits per heavy atom. The van der Waals surface area contributed by atoms with E-state index in [1.807, 2.05) is 0 Å². The molecular formula is C19H33IN4OS. The second-order valence-electron chi connectivity index (χ2n) is 7.26. The second-order valence-corrected chi connectivity index (χ2v) is 8.20. The van der Waals surface area contributed by atoms with Crippen LogP contribution in [-0.4, -0.2) is 49.5 Å². The molecule has 1 aliphatic rings. The number of carbonyl (C=O) groups excluding carboxylic acids is 1. The molecule has 1 aromatic heterocycles. The molecule has 0 saturated carbocycles. The van der Waals surface area contributed by atoms with Crippen molar-refractivity contribution in [3.05, 3.63) is 22.4 Å². The summed E-state index contributed by atoms with van der Waals surface area (Å²) in [6.45, 7) is 9.21. The maximum Gasteiger partial charge on any atom is 0.222 e. The van der Waals surface area contributed by atoms with Crippen molar-refractivity contribution in [2.45, 2.75) is 57.9 Å². The van der Waals surface area contributed by atoms with Gasteiger partial charge in [-0.25, -0.2) is 0 Å². The van der Waals surface area contributed by atoms with Crippen LogP contribution >= 0.6 is 35.3 Å². The van der Waals surface area contributed by atoms with Crippen molar-refractivity contribution in [2.75, 3.05) is 26.7 Å². The van der Waals surface area contributed by atoms with Crippen LogP contribution in [0.4, 0.5) is 0 Å². The summed E-state index contributed by atoms with van der Waals surface area (Å²) in [4.78, 5) is 19.7. The summed E-state index contributed by atoms with van der Waals surface area (Å²) in [6.07, 6.45) is 3.68. The third-order valence-electron chi connectivity index (χ3n) is 4.90. The van der Waals surface area contributed by atoms with E-state index >= 15 is 0 Å². The zero-order chi connectivity index (χ0) is 18.3. The lowest BCUT2D eigenvalue weighted by atomic mass is 9.91. The number of thiophene rings is 1. The number of nitrogens with one attached hydrogen (secondary N) is 2. The predicted molar refractivity (Wildman–Crippen MR) is 122 cm³/mol.